The molecule has 2 heterocycles. The predicted octanol–water partition coefficient (Wildman–Crippen LogP) is 2.43. The Hall–Kier alpha value is -4.32. The summed E-state index contributed by atoms with van der Waals surface area (Å²) < 4.78 is 17.1. The van der Waals surface area contributed by atoms with E-state index in [1.54, 1.807) is 42.5 Å². The van der Waals surface area contributed by atoms with Gasteiger partial charge in [0.2, 0.25) is 5.75 Å². The van der Waals surface area contributed by atoms with Crippen molar-refractivity contribution < 1.29 is 28.6 Å². The molecule has 0 aliphatic carbocycles. The third-order valence-electron chi connectivity index (χ3n) is 5.65. The number of ether oxygens (including phenoxy) is 3. The number of aromatic nitrogens is 2. The molecule has 1 N–H and O–H groups in total. The Morgan fingerprint density at radius 3 is 2.30 bits per heavy atom. The van der Waals surface area contributed by atoms with E-state index in [4.69, 9.17) is 14.2 Å². The van der Waals surface area contributed by atoms with E-state index < -0.39 is 17.1 Å². The summed E-state index contributed by atoms with van der Waals surface area (Å²) in [6, 6.07) is 10.0. The number of imide groups is 1. The van der Waals surface area contributed by atoms with Gasteiger partial charge in [-0.25, -0.2) is 4.68 Å². The molecule has 11 nitrogen and oxygen atoms in total. The van der Waals surface area contributed by atoms with Crippen molar-refractivity contribution in [2.24, 2.45) is 7.05 Å². The van der Waals surface area contributed by atoms with Crippen molar-refractivity contribution in [2.45, 2.75) is 0 Å². The van der Waals surface area contributed by atoms with Crippen LogP contribution in [0.3, 0.4) is 0 Å². The normalized spacial score (nSPS) is 14.4. The number of hydrogen-bond donors (Lipinski definition) is 1. The van der Waals surface area contributed by atoms with Gasteiger partial charge in [0.1, 0.15) is 0 Å². The second-order valence-electron chi connectivity index (χ2n) is 7.87. The zero-order valence-corrected chi connectivity index (χ0v) is 21.4. The molecule has 0 radical (unpaired) electrons. The number of fused-ring (bicyclic) bond motifs is 1. The van der Waals surface area contributed by atoms with Crippen LogP contribution in [0.25, 0.3) is 16.8 Å². The van der Waals surface area contributed by atoms with Crippen LogP contribution >= 0.6 is 11.8 Å². The van der Waals surface area contributed by atoms with Gasteiger partial charge in [-0.1, -0.05) is 18.2 Å². The first kappa shape index (κ1) is 25.8. The Bertz CT molecular complexity index is 1470. The fraction of sp³-hybridized carbons (Fsp3) is 0.240. The second kappa shape index (κ2) is 10.7. The van der Waals surface area contributed by atoms with E-state index in [1.165, 1.54) is 28.4 Å². The summed E-state index contributed by atoms with van der Waals surface area (Å²) in [6.07, 6.45) is 1.56. The molecule has 4 rings (SSSR count). The number of thioether (sulfide) groups is 1. The van der Waals surface area contributed by atoms with Crippen molar-refractivity contribution in [3.8, 4) is 17.2 Å². The maximum Gasteiger partial charge on any atom is 0.293 e. The van der Waals surface area contributed by atoms with Gasteiger partial charge in [-0.15, -0.1) is 0 Å². The van der Waals surface area contributed by atoms with Gasteiger partial charge >= 0.3 is 0 Å². The monoisotopic (exact) mass is 524 g/mol. The van der Waals surface area contributed by atoms with E-state index in [0.29, 0.717) is 33.6 Å². The fourth-order valence-corrected chi connectivity index (χ4v) is 4.73. The van der Waals surface area contributed by atoms with Crippen LogP contribution in [-0.2, 0) is 11.8 Å². The first-order valence-corrected chi connectivity index (χ1v) is 11.9. The zero-order valence-electron chi connectivity index (χ0n) is 20.6. The molecule has 37 heavy (non-hydrogen) atoms. The molecule has 0 spiro atoms. The van der Waals surface area contributed by atoms with Crippen LogP contribution < -0.4 is 25.1 Å². The lowest BCUT2D eigenvalue weighted by atomic mass is 10.1. The molecule has 0 saturated carbocycles. The summed E-state index contributed by atoms with van der Waals surface area (Å²) in [6.45, 7) is -0.0279. The summed E-state index contributed by atoms with van der Waals surface area (Å²) >= 11 is 0.797. The molecular formula is C25H24N4O7S. The Labute approximate surface area is 216 Å². The largest absolute Gasteiger partial charge is 0.493 e. The van der Waals surface area contributed by atoms with Crippen LogP contribution in [0.4, 0.5) is 4.79 Å². The molecule has 0 unspecified atom stereocenters. The highest BCUT2D eigenvalue weighted by Gasteiger charge is 2.35. The van der Waals surface area contributed by atoms with Gasteiger partial charge in [0.05, 0.1) is 31.6 Å². The smallest absolute Gasteiger partial charge is 0.293 e. The molecule has 0 bridgehead atoms. The molecule has 3 amide bonds. The molecule has 1 fully saturated rings. The molecule has 2 aromatic carbocycles. The lowest BCUT2D eigenvalue weighted by Crippen LogP contribution is -2.38. The summed E-state index contributed by atoms with van der Waals surface area (Å²) in [5, 5.41) is 7.09. The molecule has 1 saturated heterocycles. The van der Waals surface area contributed by atoms with E-state index in [9.17, 15) is 19.2 Å². The molecule has 1 aliphatic rings. The Morgan fingerprint density at radius 2 is 1.68 bits per heavy atom. The van der Waals surface area contributed by atoms with Crippen molar-refractivity contribution in [1.82, 2.24) is 20.0 Å². The van der Waals surface area contributed by atoms with Crippen molar-refractivity contribution in [3.05, 3.63) is 62.9 Å². The lowest BCUT2D eigenvalue weighted by molar-refractivity contribution is -0.122. The maximum atomic E-state index is 12.9. The van der Waals surface area contributed by atoms with E-state index in [2.05, 4.69) is 10.4 Å². The number of nitrogens with zero attached hydrogens (tertiary/aromatic N) is 3. The Morgan fingerprint density at radius 1 is 1.03 bits per heavy atom. The molecule has 192 valence electrons. The SMILES string of the molecule is COc1cc(/C=C2/SC(=O)N(CCNC(=O)c3nn(C)c(=O)c4ccccc34)C2=O)cc(OC)c1OC. The minimum absolute atomic E-state index is 0.00713. The van der Waals surface area contributed by atoms with E-state index in [0.717, 1.165) is 21.3 Å². The average molecular weight is 525 g/mol. The van der Waals surface area contributed by atoms with Crippen LogP contribution in [0.15, 0.2) is 46.1 Å². The number of aryl methyl sites for hydroxylation is 1. The number of carbonyl (C=O) groups excluding carboxylic acids is 3. The second-order valence-corrected chi connectivity index (χ2v) is 8.86. The molecule has 0 atom stereocenters. The van der Waals surface area contributed by atoms with Gasteiger partial charge < -0.3 is 19.5 Å². The highest BCUT2D eigenvalue weighted by Crippen LogP contribution is 2.40. The average Bonchev–Trinajstić information content (AvgIpc) is 3.17. The van der Waals surface area contributed by atoms with Crippen LogP contribution in [0.2, 0.25) is 0 Å². The molecule has 1 aromatic heterocycles. The van der Waals surface area contributed by atoms with E-state index in [-0.39, 0.29) is 29.2 Å². The molecule has 1 aliphatic heterocycles. The van der Waals surface area contributed by atoms with E-state index >= 15 is 0 Å². The van der Waals surface area contributed by atoms with Crippen molar-refractivity contribution in [1.29, 1.82) is 0 Å². The topological polar surface area (TPSA) is 129 Å². The lowest BCUT2D eigenvalue weighted by Gasteiger charge is -2.14. The summed E-state index contributed by atoms with van der Waals surface area (Å²) in [5.41, 5.74) is 0.346. The first-order chi connectivity index (χ1) is 17.8. The third-order valence-corrected chi connectivity index (χ3v) is 6.56. The number of amides is 3. The minimum atomic E-state index is -0.522. The number of rotatable bonds is 8. The van der Waals surface area contributed by atoms with Crippen molar-refractivity contribution >= 4 is 45.7 Å². The summed E-state index contributed by atoms with van der Waals surface area (Å²) in [5.74, 6) is 0.228. The van der Waals surface area contributed by atoms with Crippen molar-refractivity contribution in [2.75, 3.05) is 34.4 Å². The highest BCUT2D eigenvalue weighted by atomic mass is 32.2. The molecule has 12 heteroatoms. The zero-order chi connectivity index (χ0) is 26.7. The highest BCUT2D eigenvalue weighted by molar-refractivity contribution is 8.18. The molecule has 3 aromatic rings. The summed E-state index contributed by atoms with van der Waals surface area (Å²) in [4.78, 5) is 51.8. The standard InChI is InChI=1S/C25H24N4O7S/c1-28-23(31)16-8-6-5-7-15(16)20(27-28)22(30)26-9-10-29-24(32)19(37-25(29)33)13-14-11-17(34-2)21(36-4)18(12-14)35-3/h5-8,11-13H,9-10H2,1-4H3,(H,26,30)/b19-13+. The molecular weight excluding hydrogens is 500 g/mol. The Balaban J connectivity index is 1.47. The van der Waals surface area contributed by atoms with E-state index in [1.807, 2.05) is 0 Å². The van der Waals surface area contributed by atoms with Gasteiger partial charge in [-0.05, 0) is 41.6 Å². The number of nitrogens with one attached hydrogen (secondary N) is 1. The Kier molecular flexibility index (Phi) is 7.48. The van der Waals surface area contributed by atoms with Gasteiger partial charge in [0.15, 0.2) is 17.2 Å². The third kappa shape index (κ3) is 5.00. The number of carbonyl (C=O) groups is 3. The number of benzene rings is 2. The van der Waals surface area contributed by atoms with Crippen LogP contribution in [-0.4, -0.2) is 66.2 Å². The summed E-state index contributed by atoms with van der Waals surface area (Å²) in [7, 11) is 5.92. The number of hydrogen-bond acceptors (Lipinski definition) is 9. The van der Waals surface area contributed by atoms with Gasteiger partial charge in [0.25, 0.3) is 22.6 Å². The number of methoxy groups -OCH3 is 3. The van der Waals surface area contributed by atoms with Gasteiger partial charge in [-0.2, -0.15) is 5.10 Å². The van der Waals surface area contributed by atoms with Crippen LogP contribution in [0.5, 0.6) is 17.2 Å². The van der Waals surface area contributed by atoms with Crippen LogP contribution in [0, 0.1) is 0 Å². The quantitative estimate of drug-likeness (QED) is 0.442. The van der Waals surface area contributed by atoms with Crippen LogP contribution in [0.1, 0.15) is 16.1 Å². The predicted molar refractivity (Wildman–Crippen MR) is 138 cm³/mol. The van der Waals surface area contributed by atoms with Crippen molar-refractivity contribution in [3.63, 3.8) is 0 Å². The maximum absolute atomic E-state index is 12.9. The fourth-order valence-electron chi connectivity index (χ4n) is 3.86. The van der Waals surface area contributed by atoms with Gasteiger partial charge in [0, 0.05) is 25.5 Å². The first-order valence-electron chi connectivity index (χ1n) is 11.1. The van der Waals surface area contributed by atoms with Gasteiger partial charge in [-0.3, -0.25) is 24.1 Å². The minimum Gasteiger partial charge on any atom is -0.493 e.